The number of aliphatic carboxylic acids is 1. The van der Waals surface area contributed by atoms with Gasteiger partial charge in [-0.15, -0.1) is 0 Å². The summed E-state index contributed by atoms with van der Waals surface area (Å²) in [6, 6.07) is 4.63. The maximum Gasteiger partial charge on any atom is 0.328 e. The number of likely N-dealkylation sites (tertiary alicyclic amines) is 1. The Bertz CT molecular complexity index is 822. The second-order valence-electron chi connectivity index (χ2n) is 7.79. The second-order valence-corrected chi connectivity index (χ2v) is 8.16. The average Bonchev–Trinajstić information content (AvgIpc) is 3.26. The second kappa shape index (κ2) is 11.8. The molecule has 1 heterocycles. The van der Waals surface area contributed by atoms with Gasteiger partial charge in [-0.3, -0.25) is 14.4 Å². The maximum atomic E-state index is 13.0. The Labute approximate surface area is 191 Å². The normalized spacial score (nSPS) is 19.5. The Morgan fingerprint density at radius 1 is 1.22 bits per heavy atom. The molecule has 6 N–H and O–H groups in total. The van der Waals surface area contributed by atoms with Crippen LogP contribution in [0.4, 0.5) is 0 Å². The number of carboxylic acid groups (broad SMARTS) is 1. The van der Waals surface area contributed by atoms with Gasteiger partial charge in [-0.25, -0.2) is 4.79 Å². The summed E-state index contributed by atoms with van der Waals surface area (Å²) in [6.07, 6.45) is -0.208. The molecule has 11 heteroatoms. The van der Waals surface area contributed by atoms with Crippen LogP contribution in [0.1, 0.15) is 25.3 Å². The van der Waals surface area contributed by atoms with Crippen LogP contribution in [0.25, 0.3) is 0 Å². The van der Waals surface area contributed by atoms with Crippen molar-refractivity contribution in [2.75, 3.05) is 12.3 Å². The van der Waals surface area contributed by atoms with E-state index < -0.39 is 48.1 Å². The van der Waals surface area contributed by atoms with Gasteiger partial charge in [0.25, 0.3) is 0 Å². The third-order valence-electron chi connectivity index (χ3n) is 5.31. The van der Waals surface area contributed by atoms with E-state index in [4.69, 9.17) is 5.73 Å². The van der Waals surface area contributed by atoms with Crippen molar-refractivity contribution in [1.82, 2.24) is 15.5 Å². The van der Waals surface area contributed by atoms with E-state index in [1.54, 1.807) is 30.3 Å². The number of rotatable bonds is 10. The van der Waals surface area contributed by atoms with Gasteiger partial charge in [-0.2, -0.15) is 12.6 Å². The molecule has 0 spiro atoms. The quantitative estimate of drug-likeness (QED) is 0.239. The fourth-order valence-electron chi connectivity index (χ4n) is 3.56. The first-order valence-corrected chi connectivity index (χ1v) is 11.0. The highest BCUT2D eigenvalue weighted by molar-refractivity contribution is 7.80. The Kier molecular flexibility index (Phi) is 9.48. The largest absolute Gasteiger partial charge is 0.480 e. The lowest BCUT2D eigenvalue weighted by molar-refractivity contribution is -0.145. The lowest BCUT2D eigenvalue weighted by atomic mass is 10.0. The molecule has 1 aromatic rings. The van der Waals surface area contributed by atoms with E-state index in [1.165, 1.54) is 11.8 Å². The van der Waals surface area contributed by atoms with Crippen LogP contribution >= 0.6 is 12.6 Å². The van der Waals surface area contributed by atoms with Crippen LogP contribution in [0.2, 0.25) is 0 Å². The van der Waals surface area contributed by atoms with E-state index in [2.05, 4.69) is 23.3 Å². The minimum atomic E-state index is -1.53. The highest BCUT2D eigenvalue weighted by Gasteiger charge is 2.38. The predicted molar refractivity (Wildman–Crippen MR) is 120 cm³/mol. The summed E-state index contributed by atoms with van der Waals surface area (Å²) in [6.45, 7) is 1.62. The average molecular weight is 467 g/mol. The molecular formula is C21H30N4O6S. The Hall–Kier alpha value is -2.63. The summed E-state index contributed by atoms with van der Waals surface area (Å²) >= 11 is 4.04. The number of nitrogens with one attached hydrogen (secondary N) is 2. The van der Waals surface area contributed by atoms with E-state index >= 15 is 0 Å². The number of carbonyl (C=O) groups excluding carboxylic acids is 3. The first-order valence-electron chi connectivity index (χ1n) is 10.4. The molecule has 1 saturated heterocycles. The molecule has 10 nitrogen and oxygen atoms in total. The fourth-order valence-corrected chi connectivity index (χ4v) is 3.72. The van der Waals surface area contributed by atoms with Crippen LogP contribution in [-0.4, -0.2) is 81.4 Å². The van der Waals surface area contributed by atoms with Gasteiger partial charge in [0.1, 0.15) is 12.1 Å². The number of aliphatic hydroxyl groups excluding tert-OH is 1. The van der Waals surface area contributed by atoms with Gasteiger partial charge in [-0.1, -0.05) is 30.3 Å². The maximum absolute atomic E-state index is 13.0. The topological polar surface area (TPSA) is 162 Å². The van der Waals surface area contributed by atoms with Crippen molar-refractivity contribution in [2.45, 2.75) is 56.5 Å². The van der Waals surface area contributed by atoms with Crippen molar-refractivity contribution in [3.8, 4) is 0 Å². The molecule has 3 amide bonds. The predicted octanol–water partition coefficient (Wildman–Crippen LogP) is -1.09. The number of amides is 3. The molecule has 0 bridgehead atoms. The van der Waals surface area contributed by atoms with Crippen LogP contribution in [0, 0.1) is 0 Å². The minimum Gasteiger partial charge on any atom is -0.480 e. The van der Waals surface area contributed by atoms with E-state index in [9.17, 15) is 29.4 Å². The van der Waals surface area contributed by atoms with Gasteiger partial charge in [0.2, 0.25) is 17.7 Å². The van der Waals surface area contributed by atoms with Crippen molar-refractivity contribution in [2.24, 2.45) is 5.73 Å². The van der Waals surface area contributed by atoms with Crippen LogP contribution in [-0.2, 0) is 25.6 Å². The number of hydrogen-bond acceptors (Lipinski definition) is 7. The van der Waals surface area contributed by atoms with Crippen molar-refractivity contribution in [1.29, 1.82) is 0 Å². The standard InChI is InChI=1S/C21H30N4O6S/c1-12(26)17(21(30)31)24-18(27)15(10-13-6-3-2-4-7-13)23-19(28)16-8-5-9-25(16)20(29)14(22)11-32/h2-4,6-7,12,14-17,26,32H,5,8-11,22H2,1H3,(H,23,28)(H,24,27)(H,30,31). The van der Waals surface area contributed by atoms with E-state index in [0.29, 0.717) is 19.4 Å². The van der Waals surface area contributed by atoms with Gasteiger partial charge in [-0.05, 0) is 25.3 Å². The van der Waals surface area contributed by atoms with E-state index in [-0.39, 0.29) is 18.1 Å². The summed E-state index contributed by atoms with van der Waals surface area (Å²) in [4.78, 5) is 51.2. The van der Waals surface area contributed by atoms with Crippen LogP contribution < -0.4 is 16.4 Å². The third-order valence-corrected chi connectivity index (χ3v) is 5.71. The summed E-state index contributed by atoms with van der Waals surface area (Å²) in [5.74, 6) is -2.92. The Balaban J connectivity index is 2.20. The number of aliphatic hydroxyl groups is 1. The van der Waals surface area contributed by atoms with Gasteiger partial charge in [0.15, 0.2) is 6.04 Å². The van der Waals surface area contributed by atoms with E-state index in [1.807, 2.05) is 0 Å². The molecule has 0 aliphatic carbocycles. The first kappa shape index (κ1) is 25.6. The van der Waals surface area contributed by atoms with Crippen molar-refractivity contribution >= 4 is 36.3 Å². The lowest BCUT2D eigenvalue weighted by Gasteiger charge is -2.28. The number of nitrogens with two attached hydrogens (primary N) is 1. The highest BCUT2D eigenvalue weighted by atomic mass is 32.1. The molecule has 0 aromatic heterocycles. The zero-order chi connectivity index (χ0) is 23.8. The molecule has 0 saturated carbocycles. The smallest absolute Gasteiger partial charge is 0.328 e. The zero-order valence-electron chi connectivity index (χ0n) is 17.8. The molecule has 5 atom stereocenters. The van der Waals surface area contributed by atoms with E-state index in [0.717, 1.165) is 5.56 Å². The Morgan fingerprint density at radius 2 is 1.88 bits per heavy atom. The number of nitrogens with zero attached hydrogens (tertiary/aromatic N) is 1. The molecule has 1 aromatic carbocycles. The molecule has 0 radical (unpaired) electrons. The minimum absolute atomic E-state index is 0.0986. The molecule has 1 aliphatic heterocycles. The van der Waals surface area contributed by atoms with Crippen LogP contribution in [0.3, 0.4) is 0 Å². The number of hydrogen-bond donors (Lipinski definition) is 6. The monoisotopic (exact) mass is 466 g/mol. The summed E-state index contributed by atoms with van der Waals surface area (Å²) in [5.41, 5.74) is 6.52. The molecular weight excluding hydrogens is 436 g/mol. The first-order chi connectivity index (χ1) is 15.1. The molecule has 1 aliphatic rings. The third kappa shape index (κ3) is 6.68. The fraction of sp³-hybridized carbons (Fsp3) is 0.524. The summed E-state index contributed by atoms with van der Waals surface area (Å²) < 4.78 is 0. The van der Waals surface area contributed by atoms with Crippen LogP contribution in [0.5, 0.6) is 0 Å². The lowest BCUT2D eigenvalue weighted by Crippen LogP contribution is -2.58. The van der Waals surface area contributed by atoms with Crippen molar-refractivity contribution in [3.05, 3.63) is 35.9 Å². The van der Waals surface area contributed by atoms with Crippen LogP contribution in [0.15, 0.2) is 30.3 Å². The number of carboxylic acids is 1. The summed E-state index contributed by atoms with van der Waals surface area (Å²) in [5, 5.41) is 23.9. The number of thiol groups is 1. The molecule has 32 heavy (non-hydrogen) atoms. The molecule has 176 valence electrons. The van der Waals surface area contributed by atoms with Gasteiger partial charge < -0.3 is 31.5 Å². The summed E-state index contributed by atoms with van der Waals surface area (Å²) in [7, 11) is 0. The Morgan fingerprint density at radius 3 is 2.44 bits per heavy atom. The van der Waals surface area contributed by atoms with Crippen molar-refractivity contribution < 1.29 is 29.4 Å². The van der Waals surface area contributed by atoms with Gasteiger partial charge >= 0.3 is 5.97 Å². The molecule has 5 unspecified atom stereocenters. The highest BCUT2D eigenvalue weighted by Crippen LogP contribution is 2.19. The molecule has 1 fully saturated rings. The van der Waals surface area contributed by atoms with Gasteiger partial charge in [0, 0.05) is 18.7 Å². The zero-order valence-corrected chi connectivity index (χ0v) is 18.7. The number of carbonyl (C=O) groups is 4. The SMILES string of the molecule is CC(O)C(NC(=O)C(Cc1ccccc1)NC(=O)C1CCCN1C(=O)C(N)CS)C(=O)O. The number of benzene rings is 1. The molecule has 2 rings (SSSR count). The van der Waals surface area contributed by atoms with Gasteiger partial charge in [0.05, 0.1) is 12.1 Å². The van der Waals surface area contributed by atoms with Crippen molar-refractivity contribution in [3.63, 3.8) is 0 Å².